The molecule has 134 valence electrons. The Hall–Kier alpha value is -2.09. The molecule has 8 heteroatoms. The van der Waals surface area contributed by atoms with Crippen molar-refractivity contribution in [3.8, 4) is 0 Å². The summed E-state index contributed by atoms with van der Waals surface area (Å²) in [5.74, 6) is -0.995. The van der Waals surface area contributed by atoms with Crippen LogP contribution in [-0.2, 0) is 18.3 Å². The molecule has 0 spiro atoms. The maximum Gasteiger partial charge on any atom is 0.410 e. The molecule has 2 N–H and O–H groups in total. The summed E-state index contributed by atoms with van der Waals surface area (Å²) in [7, 11) is 1.61. The fourth-order valence-corrected chi connectivity index (χ4v) is 2.78. The minimum absolute atomic E-state index is 0.105. The van der Waals surface area contributed by atoms with Crippen molar-refractivity contribution in [2.75, 3.05) is 13.1 Å². The molecule has 1 aliphatic rings. The van der Waals surface area contributed by atoms with Gasteiger partial charge in [-0.3, -0.25) is 4.68 Å². The SMILES string of the molecule is Cn1ncc(CN[C@H]2CCCN(C(=O)OC(C)(C)C)C2)c1C(=O)O. The second kappa shape index (κ2) is 7.21. The maximum atomic E-state index is 12.2. The highest BCUT2D eigenvalue weighted by Gasteiger charge is 2.27. The van der Waals surface area contributed by atoms with Crippen LogP contribution in [0.2, 0.25) is 0 Å². The molecule has 0 saturated carbocycles. The number of amides is 1. The van der Waals surface area contributed by atoms with Gasteiger partial charge in [-0.2, -0.15) is 5.10 Å². The summed E-state index contributed by atoms with van der Waals surface area (Å²) in [5.41, 5.74) is 0.311. The summed E-state index contributed by atoms with van der Waals surface area (Å²) in [4.78, 5) is 25.1. The lowest BCUT2D eigenvalue weighted by molar-refractivity contribution is 0.0187. The zero-order valence-corrected chi connectivity index (χ0v) is 14.7. The maximum absolute atomic E-state index is 12.2. The number of aryl methyl sites for hydroxylation is 1. The van der Waals surface area contributed by atoms with Crippen molar-refractivity contribution in [3.63, 3.8) is 0 Å². The van der Waals surface area contributed by atoms with Gasteiger partial charge in [-0.1, -0.05) is 0 Å². The topological polar surface area (TPSA) is 96.7 Å². The third-order valence-corrected chi connectivity index (χ3v) is 3.87. The summed E-state index contributed by atoms with van der Waals surface area (Å²) in [5, 5.41) is 16.6. The van der Waals surface area contributed by atoms with Gasteiger partial charge in [0.05, 0.1) is 6.20 Å². The molecular weight excluding hydrogens is 312 g/mol. The van der Waals surface area contributed by atoms with E-state index in [4.69, 9.17) is 4.74 Å². The average molecular weight is 338 g/mol. The number of ether oxygens (including phenoxy) is 1. The fourth-order valence-electron chi connectivity index (χ4n) is 2.78. The number of hydrogen-bond acceptors (Lipinski definition) is 5. The van der Waals surface area contributed by atoms with E-state index in [1.807, 2.05) is 20.8 Å². The molecule has 2 heterocycles. The number of likely N-dealkylation sites (tertiary alicyclic amines) is 1. The summed E-state index contributed by atoms with van der Waals surface area (Å²) in [6, 6.07) is 0.105. The Balaban J connectivity index is 1.92. The first-order valence-corrected chi connectivity index (χ1v) is 8.13. The lowest BCUT2D eigenvalue weighted by Gasteiger charge is -2.34. The Morgan fingerprint density at radius 2 is 2.17 bits per heavy atom. The van der Waals surface area contributed by atoms with Crippen LogP contribution in [0.15, 0.2) is 6.20 Å². The Labute approximate surface area is 141 Å². The van der Waals surface area contributed by atoms with Crippen LogP contribution in [0.4, 0.5) is 4.79 Å². The highest BCUT2D eigenvalue weighted by Crippen LogP contribution is 2.16. The molecule has 0 unspecified atom stereocenters. The molecule has 0 aromatic carbocycles. The lowest BCUT2D eigenvalue weighted by Crippen LogP contribution is -2.49. The zero-order chi connectivity index (χ0) is 17.9. The number of piperidine rings is 1. The minimum atomic E-state index is -0.995. The van der Waals surface area contributed by atoms with Crippen molar-refractivity contribution in [2.45, 2.75) is 51.8 Å². The molecule has 0 aliphatic carbocycles. The van der Waals surface area contributed by atoms with Gasteiger partial charge >= 0.3 is 12.1 Å². The van der Waals surface area contributed by atoms with Crippen molar-refractivity contribution in [1.29, 1.82) is 0 Å². The van der Waals surface area contributed by atoms with Gasteiger partial charge in [-0.25, -0.2) is 9.59 Å². The Kier molecular flexibility index (Phi) is 5.48. The zero-order valence-electron chi connectivity index (χ0n) is 14.7. The van der Waals surface area contributed by atoms with E-state index in [2.05, 4.69) is 10.4 Å². The van der Waals surface area contributed by atoms with E-state index < -0.39 is 11.6 Å². The van der Waals surface area contributed by atoms with Crippen LogP contribution in [0.5, 0.6) is 0 Å². The molecular formula is C16H26N4O4. The number of aromatic carboxylic acids is 1. The van der Waals surface area contributed by atoms with E-state index >= 15 is 0 Å². The van der Waals surface area contributed by atoms with E-state index in [-0.39, 0.29) is 17.8 Å². The van der Waals surface area contributed by atoms with Gasteiger partial charge in [0.15, 0.2) is 0 Å². The van der Waals surface area contributed by atoms with Gasteiger partial charge in [-0.05, 0) is 33.6 Å². The predicted molar refractivity (Wildman–Crippen MR) is 87.8 cm³/mol. The van der Waals surface area contributed by atoms with Gasteiger partial charge in [-0.15, -0.1) is 0 Å². The van der Waals surface area contributed by atoms with Crippen molar-refractivity contribution >= 4 is 12.1 Å². The number of carbonyl (C=O) groups excluding carboxylic acids is 1. The molecule has 1 aliphatic heterocycles. The number of nitrogens with zero attached hydrogens (tertiary/aromatic N) is 3. The number of hydrogen-bond donors (Lipinski definition) is 2. The summed E-state index contributed by atoms with van der Waals surface area (Å²) in [6.45, 7) is 7.18. The molecule has 2 rings (SSSR count). The van der Waals surface area contributed by atoms with Crippen molar-refractivity contribution in [3.05, 3.63) is 17.5 Å². The molecule has 24 heavy (non-hydrogen) atoms. The summed E-state index contributed by atoms with van der Waals surface area (Å²) in [6.07, 6.45) is 3.07. The van der Waals surface area contributed by atoms with Crippen LogP contribution in [0.3, 0.4) is 0 Å². The Morgan fingerprint density at radius 1 is 1.46 bits per heavy atom. The molecule has 8 nitrogen and oxygen atoms in total. The third-order valence-electron chi connectivity index (χ3n) is 3.87. The number of rotatable bonds is 4. The molecule has 1 aromatic heterocycles. The van der Waals surface area contributed by atoms with E-state index in [0.717, 1.165) is 12.8 Å². The van der Waals surface area contributed by atoms with Crippen LogP contribution in [0, 0.1) is 0 Å². The number of carbonyl (C=O) groups is 2. The predicted octanol–water partition coefficient (Wildman–Crippen LogP) is 1.61. The largest absolute Gasteiger partial charge is 0.477 e. The monoisotopic (exact) mass is 338 g/mol. The molecule has 0 radical (unpaired) electrons. The third kappa shape index (κ3) is 4.70. The van der Waals surface area contributed by atoms with Gasteiger partial charge in [0.25, 0.3) is 0 Å². The molecule has 1 aromatic rings. The van der Waals surface area contributed by atoms with Crippen LogP contribution in [-0.4, -0.2) is 56.6 Å². The first-order chi connectivity index (χ1) is 11.2. The molecule has 1 saturated heterocycles. The van der Waals surface area contributed by atoms with E-state index in [1.54, 1.807) is 18.1 Å². The van der Waals surface area contributed by atoms with Crippen molar-refractivity contribution < 1.29 is 19.4 Å². The lowest BCUT2D eigenvalue weighted by atomic mass is 10.1. The first kappa shape index (κ1) is 18.3. The van der Waals surface area contributed by atoms with Crippen LogP contribution >= 0.6 is 0 Å². The minimum Gasteiger partial charge on any atom is -0.477 e. The van der Waals surface area contributed by atoms with Crippen LogP contribution < -0.4 is 5.32 Å². The number of carboxylic acid groups (broad SMARTS) is 1. The first-order valence-electron chi connectivity index (χ1n) is 8.13. The highest BCUT2D eigenvalue weighted by molar-refractivity contribution is 5.87. The number of aromatic nitrogens is 2. The van der Waals surface area contributed by atoms with E-state index in [0.29, 0.717) is 25.2 Å². The highest BCUT2D eigenvalue weighted by atomic mass is 16.6. The normalized spacial score (nSPS) is 18.5. The Bertz CT molecular complexity index is 606. The van der Waals surface area contributed by atoms with Crippen molar-refractivity contribution in [2.24, 2.45) is 7.05 Å². The quantitative estimate of drug-likeness (QED) is 0.866. The van der Waals surface area contributed by atoms with Crippen molar-refractivity contribution in [1.82, 2.24) is 20.0 Å². The molecule has 1 amide bonds. The number of carboxylic acids is 1. The van der Waals surface area contributed by atoms with Crippen LogP contribution in [0.1, 0.15) is 49.7 Å². The van der Waals surface area contributed by atoms with E-state index in [1.165, 1.54) is 4.68 Å². The standard InChI is InChI=1S/C16H26N4O4/c1-16(2,3)24-15(23)20-7-5-6-12(10-20)17-8-11-9-18-19(4)13(11)14(21)22/h9,12,17H,5-8,10H2,1-4H3,(H,21,22)/t12-/m0/s1. The molecule has 0 bridgehead atoms. The van der Waals surface area contributed by atoms with E-state index in [9.17, 15) is 14.7 Å². The molecule has 1 fully saturated rings. The number of nitrogens with one attached hydrogen (secondary N) is 1. The van der Waals surface area contributed by atoms with Gasteiger partial charge in [0.1, 0.15) is 11.3 Å². The van der Waals surface area contributed by atoms with Gasteiger partial charge in [0.2, 0.25) is 0 Å². The fraction of sp³-hybridized carbons (Fsp3) is 0.688. The smallest absolute Gasteiger partial charge is 0.410 e. The van der Waals surface area contributed by atoms with Gasteiger partial charge < -0.3 is 20.1 Å². The van der Waals surface area contributed by atoms with Crippen LogP contribution in [0.25, 0.3) is 0 Å². The molecule has 1 atom stereocenters. The van der Waals surface area contributed by atoms with Gasteiger partial charge in [0, 0.05) is 38.3 Å². The summed E-state index contributed by atoms with van der Waals surface area (Å²) >= 11 is 0. The summed E-state index contributed by atoms with van der Waals surface area (Å²) < 4.78 is 6.76. The second-order valence-corrected chi connectivity index (χ2v) is 7.09. The average Bonchev–Trinajstić information content (AvgIpc) is 2.85. The Morgan fingerprint density at radius 3 is 2.79 bits per heavy atom. The second-order valence-electron chi connectivity index (χ2n) is 7.09.